The number of allylic oxidation sites excluding steroid dienone is 2. The van der Waals surface area contributed by atoms with E-state index in [9.17, 15) is 21.9 Å². The maximum atomic E-state index is 12.1. The van der Waals surface area contributed by atoms with Crippen LogP contribution < -0.4 is 0 Å². The van der Waals surface area contributed by atoms with Crippen molar-refractivity contribution in [1.29, 1.82) is 0 Å². The molecule has 0 bridgehead atoms. The van der Waals surface area contributed by atoms with Gasteiger partial charge in [0.25, 0.3) is 20.2 Å². The normalized spacial score (nSPS) is 13.4. The molecule has 2 rings (SSSR count). The SMILES string of the molecule is Cc1ccc(S(=O)(=O)OCCCCC/C=C/CC(O)/C=C/CCCCCOS(=O)(=O)c2ccc(C)cc2)cc1. The molecule has 2 aromatic rings. The highest BCUT2D eigenvalue weighted by atomic mass is 32.2. The van der Waals surface area contributed by atoms with Crippen molar-refractivity contribution in [3.8, 4) is 0 Å². The topological polar surface area (TPSA) is 107 Å². The standard InChI is InChI=1S/C30H42O7S2/c1-26-16-20-29(21-17-26)38(32,33)36-24-12-8-4-3-6-10-14-28(31)15-11-7-5-9-13-25-37-39(34,35)30-22-18-27(2)19-23-30/h6,10-11,15-23,28,31H,3-5,7-9,12-14,24-25H2,1-2H3/b10-6+,15-11+. The molecule has 216 valence electrons. The molecule has 0 spiro atoms. The zero-order valence-corrected chi connectivity index (χ0v) is 24.6. The van der Waals surface area contributed by atoms with Crippen molar-refractivity contribution >= 4 is 20.2 Å². The third-order valence-electron chi connectivity index (χ3n) is 6.03. The maximum Gasteiger partial charge on any atom is 0.296 e. The lowest BCUT2D eigenvalue weighted by Crippen LogP contribution is -2.07. The third kappa shape index (κ3) is 13.6. The van der Waals surface area contributed by atoms with Crippen LogP contribution in [0.1, 0.15) is 68.9 Å². The molecular weight excluding hydrogens is 536 g/mol. The molecule has 39 heavy (non-hydrogen) atoms. The van der Waals surface area contributed by atoms with Crippen LogP contribution >= 0.6 is 0 Å². The number of aliphatic hydroxyl groups excluding tert-OH is 1. The van der Waals surface area contributed by atoms with Crippen molar-refractivity contribution in [2.75, 3.05) is 13.2 Å². The predicted octanol–water partition coefficient (Wildman–Crippen LogP) is 6.40. The van der Waals surface area contributed by atoms with Crippen molar-refractivity contribution in [2.45, 2.75) is 87.5 Å². The van der Waals surface area contributed by atoms with Crippen molar-refractivity contribution in [2.24, 2.45) is 0 Å². The molecule has 1 N–H and O–H groups in total. The highest BCUT2D eigenvalue weighted by Crippen LogP contribution is 2.15. The lowest BCUT2D eigenvalue weighted by Gasteiger charge is -2.06. The minimum atomic E-state index is -3.70. The summed E-state index contributed by atoms with van der Waals surface area (Å²) in [4.78, 5) is 0.358. The Bertz CT molecular complexity index is 1230. The van der Waals surface area contributed by atoms with E-state index in [4.69, 9.17) is 8.37 Å². The van der Waals surface area contributed by atoms with E-state index in [1.807, 2.05) is 32.1 Å². The van der Waals surface area contributed by atoms with Crippen LogP contribution in [0, 0.1) is 13.8 Å². The van der Waals surface area contributed by atoms with Gasteiger partial charge in [-0.2, -0.15) is 16.8 Å². The lowest BCUT2D eigenvalue weighted by molar-refractivity contribution is 0.226. The summed E-state index contributed by atoms with van der Waals surface area (Å²) in [5, 5.41) is 10.1. The van der Waals surface area contributed by atoms with E-state index < -0.39 is 26.3 Å². The van der Waals surface area contributed by atoms with Gasteiger partial charge < -0.3 is 5.11 Å². The van der Waals surface area contributed by atoms with Crippen LogP contribution in [0.15, 0.2) is 82.6 Å². The van der Waals surface area contributed by atoms with Crippen LogP contribution in [-0.2, 0) is 28.6 Å². The molecule has 0 heterocycles. The summed E-state index contributed by atoms with van der Waals surface area (Å²) < 4.78 is 58.7. The molecule has 7 nitrogen and oxygen atoms in total. The van der Waals surface area contributed by atoms with Crippen LogP contribution in [-0.4, -0.2) is 41.3 Å². The van der Waals surface area contributed by atoms with Crippen LogP contribution in [0.3, 0.4) is 0 Å². The predicted molar refractivity (Wildman–Crippen MR) is 154 cm³/mol. The Morgan fingerprint density at radius 2 is 1.08 bits per heavy atom. The van der Waals surface area contributed by atoms with Crippen LogP contribution in [0.4, 0.5) is 0 Å². The first-order valence-electron chi connectivity index (χ1n) is 13.5. The Morgan fingerprint density at radius 3 is 1.54 bits per heavy atom. The van der Waals surface area contributed by atoms with Crippen LogP contribution in [0.5, 0.6) is 0 Å². The highest BCUT2D eigenvalue weighted by molar-refractivity contribution is 7.87. The monoisotopic (exact) mass is 578 g/mol. The second-order valence-electron chi connectivity index (χ2n) is 9.58. The number of aliphatic hydroxyl groups is 1. The van der Waals surface area contributed by atoms with Gasteiger partial charge in [0.15, 0.2) is 0 Å². The molecule has 1 unspecified atom stereocenters. The number of aryl methyl sites for hydroxylation is 2. The van der Waals surface area contributed by atoms with Gasteiger partial charge in [0.1, 0.15) is 0 Å². The summed E-state index contributed by atoms with van der Waals surface area (Å²) in [5.41, 5.74) is 1.99. The fourth-order valence-corrected chi connectivity index (χ4v) is 5.54. The van der Waals surface area contributed by atoms with Crippen LogP contribution in [0.25, 0.3) is 0 Å². The van der Waals surface area contributed by atoms with Gasteiger partial charge in [0.05, 0.1) is 29.1 Å². The molecule has 9 heteroatoms. The second kappa shape index (κ2) is 17.4. The van der Waals surface area contributed by atoms with E-state index in [-0.39, 0.29) is 23.0 Å². The molecular formula is C30H42O7S2. The molecule has 1 atom stereocenters. The Balaban J connectivity index is 1.46. The van der Waals surface area contributed by atoms with Crippen molar-refractivity contribution in [3.63, 3.8) is 0 Å². The lowest BCUT2D eigenvalue weighted by atomic mass is 10.1. The van der Waals surface area contributed by atoms with E-state index in [1.54, 1.807) is 54.6 Å². The summed E-state index contributed by atoms with van der Waals surface area (Å²) in [6.45, 7) is 4.13. The second-order valence-corrected chi connectivity index (χ2v) is 12.8. The van der Waals surface area contributed by atoms with Gasteiger partial charge in [0, 0.05) is 0 Å². The van der Waals surface area contributed by atoms with E-state index >= 15 is 0 Å². The summed E-state index contributed by atoms with van der Waals surface area (Å²) in [6.07, 6.45) is 14.2. The molecule has 0 aliphatic heterocycles. The Kier molecular flexibility index (Phi) is 14.7. The minimum absolute atomic E-state index is 0.160. The minimum Gasteiger partial charge on any atom is -0.389 e. The van der Waals surface area contributed by atoms with Gasteiger partial charge in [-0.3, -0.25) is 8.37 Å². The van der Waals surface area contributed by atoms with Gasteiger partial charge in [-0.15, -0.1) is 0 Å². The molecule has 0 saturated heterocycles. The van der Waals surface area contributed by atoms with Crippen LogP contribution in [0.2, 0.25) is 0 Å². The third-order valence-corrected chi connectivity index (χ3v) is 8.68. The molecule has 0 amide bonds. The van der Waals surface area contributed by atoms with Gasteiger partial charge in [0.2, 0.25) is 0 Å². The highest BCUT2D eigenvalue weighted by Gasteiger charge is 2.15. The molecule has 0 fully saturated rings. The van der Waals surface area contributed by atoms with Crippen molar-refractivity contribution < 1.29 is 30.3 Å². The Labute approximate surface area is 234 Å². The van der Waals surface area contributed by atoms with E-state index in [0.717, 1.165) is 49.7 Å². The number of rotatable bonds is 19. The molecule has 0 saturated carbocycles. The van der Waals surface area contributed by atoms with E-state index in [2.05, 4.69) is 0 Å². The summed E-state index contributed by atoms with van der Waals surface area (Å²) in [5.74, 6) is 0. The molecule has 2 aromatic carbocycles. The fourth-order valence-electron chi connectivity index (χ4n) is 3.65. The first-order valence-corrected chi connectivity index (χ1v) is 16.3. The van der Waals surface area contributed by atoms with Gasteiger partial charge in [-0.1, -0.05) is 72.5 Å². The maximum absolute atomic E-state index is 12.1. The van der Waals surface area contributed by atoms with E-state index in [1.165, 1.54) is 0 Å². The number of unbranched alkanes of at least 4 members (excludes halogenated alkanes) is 6. The number of hydrogen-bond donors (Lipinski definition) is 1. The average Bonchev–Trinajstić information content (AvgIpc) is 2.89. The zero-order chi connectivity index (χ0) is 28.6. The first kappa shape index (κ1) is 32.9. The summed E-state index contributed by atoms with van der Waals surface area (Å²) in [6, 6.07) is 13.2. The fraction of sp³-hybridized carbons (Fsp3) is 0.467. The number of benzene rings is 2. The summed E-state index contributed by atoms with van der Waals surface area (Å²) in [7, 11) is -7.40. The van der Waals surface area contributed by atoms with Crippen molar-refractivity contribution in [1.82, 2.24) is 0 Å². The van der Waals surface area contributed by atoms with Gasteiger partial charge in [-0.25, -0.2) is 0 Å². The smallest absolute Gasteiger partial charge is 0.296 e. The van der Waals surface area contributed by atoms with Crippen molar-refractivity contribution in [3.05, 3.63) is 84.0 Å². The molecule has 0 radical (unpaired) electrons. The van der Waals surface area contributed by atoms with E-state index in [0.29, 0.717) is 19.3 Å². The molecule has 0 aliphatic rings. The number of hydrogen-bond acceptors (Lipinski definition) is 7. The summed E-state index contributed by atoms with van der Waals surface area (Å²) >= 11 is 0. The molecule has 0 aromatic heterocycles. The average molecular weight is 579 g/mol. The Morgan fingerprint density at radius 1 is 0.641 bits per heavy atom. The van der Waals surface area contributed by atoms with Gasteiger partial charge >= 0.3 is 0 Å². The zero-order valence-electron chi connectivity index (χ0n) is 23.0. The Hall–Kier alpha value is -2.30. The first-order chi connectivity index (χ1) is 18.6. The van der Waals surface area contributed by atoms with Gasteiger partial charge in [-0.05, 0) is 83.1 Å². The quantitative estimate of drug-likeness (QED) is 0.117. The molecule has 0 aliphatic carbocycles. The largest absolute Gasteiger partial charge is 0.389 e.